The molecule has 0 saturated heterocycles. The first kappa shape index (κ1) is 20.7. The molecule has 4 nitrogen and oxygen atoms in total. The van der Waals surface area contributed by atoms with Crippen molar-refractivity contribution in [2.75, 3.05) is 5.32 Å². The molecule has 0 aliphatic rings. The summed E-state index contributed by atoms with van der Waals surface area (Å²) in [5.74, 6) is -3.38. The number of carbonyl (C=O) groups is 2. The molecule has 0 bridgehead atoms. The first-order chi connectivity index (χ1) is 13.3. The van der Waals surface area contributed by atoms with Crippen LogP contribution >= 0.6 is 50.5 Å². The summed E-state index contributed by atoms with van der Waals surface area (Å²) in [6.07, 6.45) is 0. The predicted molar refractivity (Wildman–Crippen MR) is 110 cm³/mol. The van der Waals surface area contributed by atoms with Crippen LogP contribution in [-0.2, 0) is 0 Å². The van der Waals surface area contributed by atoms with Gasteiger partial charge < -0.3 is 5.32 Å². The Hall–Kier alpha value is -2.00. The monoisotopic (exact) mass is 504 g/mol. The third-order valence-electron chi connectivity index (χ3n) is 3.54. The minimum atomic E-state index is -1.22. The number of thiophene rings is 1. The van der Waals surface area contributed by atoms with Crippen molar-refractivity contribution in [3.63, 3.8) is 0 Å². The summed E-state index contributed by atoms with van der Waals surface area (Å²) in [6.45, 7) is 0. The van der Waals surface area contributed by atoms with Gasteiger partial charge in [0.15, 0.2) is 0 Å². The maximum Gasteiger partial charge on any atom is 0.326 e. The molecule has 0 radical (unpaired) electrons. The maximum absolute atomic E-state index is 13.6. The lowest BCUT2D eigenvalue weighted by Gasteiger charge is -2.11. The Kier molecular flexibility index (Phi) is 6.34. The summed E-state index contributed by atoms with van der Waals surface area (Å²) >= 11 is 17.3. The number of rotatable bonds is 3. The van der Waals surface area contributed by atoms with Crippen LogP contribution in [0.1, 0.15) is 10.4 Å². The number of benzene rings is 2. The molecule has 0 aliphatic carbocycles. The van der Waals surface area contributed by atoms with E-state index in [1.165, 1.54) is 23.5 Å². The molecule has 0 atom stereocenters. The second-order valence-electron chi connectivity index (χ2n) is 5.42. The normalized spacial score (nSPS) is 10.6. The van der Waals surface area contributed by atoms with Crippen LogP contribution in [0, 0.1) is 11.6 Å². The quantitative estimate of drug-likeness (QED) is 0.414. The van der Waals surface area contributed by atoms with Gasteiger partial charge >= 0.3 is 6.03 Å². The van der Waals surface area contributed by atoms with Crippen molar-refractivity contribution < 1.29 is 18.4 Å². The molecular weight excluding hydrogens is 497 g/mol. The third-order valence-corrected chi connectivity index (χ3v) is 5.77. The van der Waals surface area contributed by atoms with Gasteiger partial charge in [0.25, 0.3) is 5.91 Å². The lowest BCUT2D eigenvalue weighted by molar-refractivity contribution is 0.0959. The molecular formula is C18H9BrCl2F2N2O2S. The van der Waals surface area contributed by atoms with E-state index in [2.05, 4.69) is 21.2 Å². The fraction of sp³-hybridized carbons (Fsp3) is 0. The molecule has 0 saturated carbocycles. The topological polar surface area (TPSA) is 58.2 Å². The predicted octanol–water partition coefficient (Wildman–Crippen LogP) is 6.72. The van der Waals surface area contributed by atoms with Crippen molar-refractivity contribution in [1.82, 2.24) is 5.32 Å². The fourth-order valence-electron chi connectivity index (χ4n) is 2.37. The Morgan fingerprint density at radius 2 is 1.61 bits per heavy atom. The summed E-state index contributed by atoms with van der Waals surface area (Å²) in [5, 5.41) is 4.77. The highest BCUT2D eigenvalue weighted by atomic mass is 79.9. The van der Waals surface area contributed by atoms with Gasteiger partial charge in [-0.3, -0.25) is 10.1 Å². The Morgan fingerprint density at radius 1 is 1.00 bits per heavy atom. The average Bonchev–Trinajstić information content (AvgIpc) is 2.99. The molecule has 3 aromatic rings. The van der Waals surface area contributed by atoms with Gasteiger partial charge in [-0.1, -0.05) is 29.3 Å². The van der Waals surface area contributed by atoms with Crippen LogP contribution in [0.25, 0.3) is 10.4 Å². The van der Waals surface area contributed by atoms with Gasteiger partial charge in [-0.05, 0) is 52.3 Å². The van der Waals surface area contributed by atoms with Gasteiger partial charge in [0, 0.05) is 16.1 Å². The van der Waals surface area contributed by atoms with E-state index in [-0.39, 0.29) is 15.7 Å². The zero-order valence-electron chi connectivity index (χ0n) is 13.7. The minimum Gasteiger partial charge on any atom is -0.308 e. The summed E-state index contributed by atoms with van der Waals surface area (Å²) in [5.41, 5.74) is -0.0597. The molecule has 3 amide bonds. The summed E-state index contributed by atoms with van der Waals surface area (Å²) in [7, 11) is 0. The highest BCUT2D eigenvalue weighted by molar-refractivity contribution is 9.11. The maximum atomic E-state index is 13.6. The molecule has 0 aliphatic heterocycles. The molecule has 2 N–H and O–H groups in total. The molecule has 1 heterocycles. The van der Waals surface area contributed by atoms with Crippen LogP contribution in [-0.4, -0.2) is 11.9 Å². The third kappa shape index (κ3) is 4.52. The van der Waals surface area contributed by atoms with Gasteiger partial charge in [0.05, 0.1) is 13.8 Å². The van der Waals surface area contributed by atoms with E-state index in [1.807, 2.05) is 17.4 Å². The first-order valence-electron chi connectivity index (χ1n) is 7.57. The summed E-state index contributed by atoms with van der Waals surface area (Å²) in [4.78, 5) is 24.8. The molecule has 2 aromatic carbocycles. The number of nitrogens with one attached hydrogen (secondary N) is 2. The fourth-order valence-corrected chi connectivity index (χ4v) is 4.63. The van der Waals surface area contributed by atoms with E-state index < -0.39 is 29.1 Å². The van der Waals surface area contributed by atoms with E-state index in [9.17, 15) is 18.4 Å². The number of urea groups is 1. The highest BCUT2D eigenvalue weighted by Crippen LogP contribution is 2.41. The van der Waals surface area contributed by atoms with Gasteiger partial charge in [0.1, 0.15) is 17.2 Å². The van der Waals surface area contributed by atoms with Crippen LogP contribution in [0.2, 0.25) is 10.0 Å². The smallest absolute Gasteiger partial charge is 0.308 e. The number of imide groups is 1. The van der Waals surface area contributed by atoms with Crippen molar-refractivity contribution in [3.05, 3.63) is 73.5 Å². The summed E-state index contributed by atoms with van der Waals surface area (Å²) in [6, 6.07) is 8.52. The molecule has 1 aromatic heterocycles. The molecule has 0 spiro atoms. The second kappa shape index (κ2) is 8.57. The van der Waals surface area contributed by atoms with Crippen LogP contribution in [0.4, 0.5) is 19.3 Å². The van der Waals surface area contributed by atoms with E-state index in [0.29, 0.717) is 5.56 Å². The van der Waals surface area contributed by atoms with Crippen LogP contribution < -0.4 is 10.6 Å². The SMILES string of the molecule is O=C(NC(=O)c1c(F)cccc1F)Nc1cc(Cl)c(-c2ccc(Br)s2)c(Cl)c1. The van der Waals surface area contributed by atoms with E-state index >= 15 is 0 Å². The summed E-state index contributed by atoms with van der Waals surface area (Å²) < 4.78 is 28.1. The standard InChI is InChI=1S/C18H9BrCl2F2N2O2S/c19-14-5-4-13(28-14)15-9(20)6-8(7-10(15)21)24-18(27)25-17(26)16-11(22)2-1-3-12(16)23/h1-7H,(H2,24,25,26,27). The number of carbonyl (C=O) groups excluding carboxylic acids is 2. The molecule has 0 fully saturated rings. The Balaban J connectivity index is 1.77. The number of amides is 3. The minimum absolute atomic E-state index is 0.202. The van der Waals surface area contributed by atoms with Crippen molar-refractivity contribution in [2.45, 2.75) is 0 Å². The van der Waals surface area contributed by atoms with E-state index in [1.54, 1.807) is 0 Å². The molecule has 3 rings (SSSR count). The van der Waals surface area contributed by atoms with Gasteiger partial charge in [-0.2, -0.15) is 0 Å². The number of halogens is 5. The first-order valence-corrected chi connectivity index (χ1v) is 9.94. The Morgan fingerprint density at radius 3 is 2.14 bits per heavy atom. The molecule has 0 unspecified atom stereocenters. The lowest BCUT2D eigenvalue weighted by atomic mass is 10.1. The van der Waals surface area contributed by atoms with Gasteiger partial charge in [-0.25, -0.2) is 13.6 Å². The van der Waals surface area contributed by atoms with Crippen LogP contribution in [0.3, 0.4) is 0 Å². The van der Waals surface area contributed by atoms with Crippen molar-refractivity contribution >= 4 is 68.1 Å². The molecule has 144 valence electrons. The Bertz CT molecular complexity index is 1050. The molecule has 28 heavy (non-hydrogen) atoms. The van der Waals surface area contributed by atoms with Gasteiger partial charge in [-0.15, -0.1) is 11.3 Å². The van der Waals surface area contributed by atoms with E-state index in [4.69, 9.17) is 23.2 Å². The average molecular weight is 506 g/mol. The van der Waals surface area contributed by atoms with Gasteiger partial charge in [0.2, 0.25) is 0 Å². The van der Waals surface area contributed by atoms with Crippen molar-refractivity contribution in [1.29, 1.82) is 0 Å². The number of hydrogen-bond donors (Lipinski definition) is 2. The number of hydrogen-bond acceptors (Lipinski definition) is 3. The number of anilines is 1. The molecule has 10 heteroatoms. The van der Waals surface area contributed by atoms with Crippen molar-refractivity contribution in [3.8, 4) is 10.4 Å². The van der Waals surface area contributed by atoms with E-state index in [0.717, 1.165) is 26.9 Å². The zero-order chi connectivity index (χ0) is 20.4. The van der Waals surface area contributed by atoms with Crippen molar-refractivity contribution in [2.24, 2.45) is 0 Å². The zero-order valence-corrected chi connectivity index (χ0v) is 17.6. The largest absolute Gasteiger partial charge is 0.326 e. The Labute approximate surface area is 180 Å². The lowest BCUT2D eigenvalue weighted by Crippen LogP contribution is -2.35. The second-order valence-corrected chi connectivity index (χ2v) is 8.70. The van der Waals surface area contributed by atoms with Crippen LogP contribution in [0.5, 0.6) is 0 Å². The van der Waals surface area contributed by atoms with Crippen LogP contribution in [0.15, 0.2) is 46.3 Å². The highest BCUT2D eigenvalue weighted by Gasteiger charge is 2.20.